The Hall–Kier alpha value is -2.23. The Balaban J connectivity index is 3.94. The fourth-order valence-corrected chi connectivity index (χ4v) is 12.8. The molecular weight excluding hydrogens is 1150 g/mol. The third kappa shape index (κ3) is 77.0. The van der Waals surface area contributed by atoms with Gasteiger partial charge in [-0.1, -0.05) is 385 Å². The first kappa shape index (κ1) is 90.8. The molecule has 0 spiro atoms. The summed E-state index contributed by atoms with van der Waals surface area (Å²) in [5.41, 5.74) is 0. The first-order valence-electron chi connectivity index (χ1n) is 41.5. The Morgan fingerprint density at radius 1 is 0.312 bits per heavy atom. The molecule has 0 saturated carbocycles. The molecule has 9 heteroatoms. The van der Waals surface area contributed by atoms with Gasteiger partial charge in [0.15, 0.2) is 12.4 Å². The van der Waals surface area contributed by atoms with E-state index in [0.29, 0.717) is 17.4 Å². The fraction of sp³-hybridized carbons (Fsp3) is 0.917. The number of quaternary nitrogens is 1. The molecule has 0 bridgehead atoms. The van der Waals surface area contributed by atoms with Crippen LogP contribution in [0.2, 0.25) is 0 Å². The monoisotopic (exact) mass is 1310 g/mol. The number of carboxylic acids is 1. The molecule has 0 amide bonds. The number of carboxylic acid groups (broad SMARTS) is 1. The Labute approximate surface area is 579 Å². The molecular formula is C84H161NO8. The quantitative estimate of drug-likeness (QED) is 0.0195. The summed E-state index contributed by atoms with van der Waals surface area (Å²) in [7, 11) is 5.96. The number of rotatable bonds is 79. The van der Waals surface area contributed by atoms with Crippen molar-refractivity contribution in [2.24, 2.45) is 0 Å². The van der Waals surface area contributed by atoms with E-state index in [1.165, 1.54) is 372 Å². The zero-order valence-corrected chi connectivity index (χ0v) is 63.2. The molecule has 0 aromatic rings. The first-order valence-corrected chi connectivity index (χ1v) is 41.5. The van der Waals surface area contributed by atoms with Gasteiger partial charge in [0.1, 0.15) is 13.2 Å². The number of likely N-dealkylation sites (N-methyl/N-ethyl adjacent to an activating group) is 1. The molecule has 2 atom stereocenters. The molecule has 0 saturated heterocycles. The molecule has 0 aliphatic carbocycles. The van der Waals surface area contributed by atoms with Gasteiger partial charge in [0.2, 0.25) is 0 Å². The lowest BCUT2D eigenvalue weighted by atomic mass is 10.0. The maximum Gasteiger partial charge on any atom is 0.306 e. The summed E-state index contributed by atoms with van der Waals surface area (Å²) in [6.07, 6.45) is 93.2. The van der Waals surface area contributed by atoms with Gasteiger partial charge in [-0.25, -0.2) is 0 Å². The number of carbonyl (C=O) groups excluding carboxylic acids is 3. The lowest BCUT2D eigenvalue weighted by molar-refractivity contribution is -0.870. The van der Waals surface area contributed by atoms with E-state index < -0.39 is 24.3 Å². The second-order valence-electron chi connectivity index (χ2n) is 29.8. The summed E-state index contributed by atoms with van der Waals surface area (Å²) in [5.74, 6) is -2.24. The number of nitrogens with zero attached hydrogens (tertiary/aromatic N) is 1. The molecule has 93 heavy (non-hydrogen) atoms. The molecule has 0 aliphatic heterocycles. The normalized spacial score (nSPS) is 12.7. The molecule has 0 aliphatic rings. The highest BCUT2D eigenvalue weighted by Gasteiger charge is 2.22. The fourth-order valence-electron chi connectivity index (χ4n) is 12.8. The van der Waals surface area contributed by atoms with Crippen molar-refractivity contribution in [3.05, 3.63) is 24.3 Å². The standard InChI is InChI=1S/C84H161NO8/c1-6-8-10-12-14-16-18-20-22-24-26-28-30-32-34-36-38-39-40-41-42-43-45-47-49-51-53-55-57-59-61-63-65-67-69-71-73-75-82(87)93-80(79-92-84(83(88)89)90-77-76-85(3,4)5)78-91-81(86)74-72-70-68-66-64-62-60-58-56-54-52-50-48-46-44-37-35-33-31-29-27-25-23-21-19-17-15-13-11-9-7-2/h24-27,80,84H,6-23,28-79H2,1-5H3/b26-24-,27-25-. The number of esters is 2. The van der Waals surface area contributed by atoms with Crippen LogP contribution in [0.25, 0.3) is 0 Å². The lowest BCUT2D eigenvalue weighted by Crippen LogP contribution is -2.44. The number of allylic oxidation sites excluding steroid dienone is 4. The van der Waals surface area contributed by atoms with Crippen LogP contribution >= 0.6 is 0 Å². The highest BCUT2D eigenvalue weighted by atomic mass is 16.7. The number of unbranched alkanes of at least 4 members (excludes halogenated alkanes) is 60. The third-order valence-corrected chi connectivity index (χ3v) is 19.2. The summed E-state index contributed by atoms with van der Waals surface area (Å²) in [6, 6.07) is 0. The van der Waals surface area contributed by atoms with Crippen molar-refractivity contribution in [1.82, 2.24) is 0 Å². The summed E-state index contributed by atoms with van der Waals surface area (Å²) >= 11 is 0. The van der Waals surface area contributed by atoms with Crippen molar-refractivity contribution in [2.45, 2.75) is 450 Å². The molecule has 0 aromatic carbocycles. The summed E-state index contributed by atoms with van der Waals surface area (Å²) in [5, 5.41) is 11.9. The highest BCUT2D eigenvalue weighted by molar-refractivity contribution is 5.70. The van der Waals surface area contributed by atoms with Crippen molar-refractivity contribution in [3.8, 4) is 0 Å². The van der Waals surface area contributed by atoms with Crippen LogP contribution in [0.3, 0.4) is 0 Å². The number of hydrogen-bond donors (Lipinski definition) is 0. The van der Waals surface area contributed by atoms with E-state index in [-0.39, 0.29) is 32.2 Å². The smallest absolute Gasteiger partial charge is 0.306 e. The van der Waals surface area contributed by atoms with E-state index in [1.807, 2.05) is 21.1 Å². The molecule has 0 N–H and O–H groups in total. The molecule has 2 unspecified atom stereocenters. The molecule has 0 heterocycles. The van der Waals surface area contributed by atoms with Gasteiger partial charge in [-0.2, -0.15) is 0 Å². The highest BCUT2D eigenvalue weighted by Crippen LogP contribution is 2.20. The topological polar surface area (TPSA) is 111 Å². The zero-order chi connectivity index (χ0) is 67.5. The SMILES string of the molecule is CCCCCCCCCC/C=C\CCCCCCCCCCCCCCCCCCCCCCCCCCCC(=O)OC(COC(=O)CCCCCCCCCCCCCCCCCCCCC/C=C\CCCCCCCCCC)COC(OCC[N+](C)(C)C)C(=O)[O-]. The zero-order valence-electron chi connectivity index (χ0n) is 63.2. The second-order valence-corrected chi connectivity index (χ2v) is 29.8. The Morgan fingerprint density at radius 3 is 0.796 bits per heavy atom. The third-order valence-electron chi connectivity index (χ3n) is 19.2. The van der Waals surface area contributed by atoms with Crippen LogP contribution in [0, 0.1) is 0 Å². The number of hydrogen-bond acceptors (Lipinski definition) is 8. The van der Waals surface area contributed by atoms with Crippen LogP contribution in [-0.2, 0) is 33.3 Å². The van der Waals surface area contributed by atoms with Gasteiger partial charge < -0.3 is 33.3 Å². The van der Waals surface area contributed by atoms with Crippen LogP contribution in [0.5, 0.6) is 0 Å². The second kappa shape index (κ2) is 75.5. The minimum absolute atomic E-state index is 0.152. The van der Waals surface area contributed by atoms with Crippen LogP contribution in [0.15, 0.2) is 24.3 Å². The van der Waals surface area contributed by atoms with Crippen LogP contribution in [0.1, 0.15) is 438 Å². The molecule has 9 nitrogen and oxygen atoms in total. The van der Waals surface area contributed by atoms with Gasteiger partial charge in [0, 0.05) is 12.8 Å². The molecule has 0 rings (SSSR count). The Morgan fingerprint density at radius 2 is 0.548 bits per heavy atom. The van der Waals surface area contributed by atoms with Crippen molar-refractivity contribution >= 4 is 17.9 Å². The average Bonchev–Trinajstić information content (AvgIpc) is 3.73. The maximum absolute atomic E-state index is 13.0. The van der Waals surface area contributed by atoms with Gasteiger partial charge in [-0.05, 0) is 64.2 Å². The van der Waals surface area contributed by atoms with E-state index in [0.717, 1.165) is 38.5 Å². The van der Waals surface area contributed by atoms with Crippen LogP contribution in [0.4, 0.5) is 0 Å². The van der Waals surface area contributed by atoms with E-state index >= 15 is 0 Å². The van der Waals surface area contributed by atoms with E-state index in [1.54, 1.807) is 0 Å². The van der Waals surface area contributed by atoms with Gasteiger partial charge in [-0.3, -0.25) is 9.59 Å². The van der Waals surface area contributed by atoms with Crippen molar-refractivity contribution < 1.29 is 42.9 Å². The first-order chi connectivity index (χ1) is 45.6. The van der Waals surface area contributed by atoms with Crippen molar-refractivity contribution in [2.75, 3.05) is 47.5 Å². The van der Waals surface area contributed by atoms with E-state index in [9.17, 15) is 19.5 Å². The summed E-state index contributed by atoms with van der Waals surface area (Å²) in [6.45, 7) is 4.84. The van der Waals surface area contributed by atoms with Gasteiger partial charge in [0.05, 0.1) is 40.3 Å². The predicted octanol–water partition coefficient (Wildman–Crippen LogP) is 25.2. The van der Waals surface area contributed by atoms with Crippen LogP contribution < -0.4 is 5.11 Å². The minimum Gasteiger partial charge on any atom is -0.545 e. The van der Waals surface area contributed by atoms with E-state index in [2.05, 4.69) is 38.2 Å². The molecule has 0 radical (unpaired) electrons. The van der Waals surface area contributed by atoms with Crippen LogP contribution in [-0.4, -0.2) is 82.3 Å². The lowest BCUT2D eigenvalue weighted by Gasteiger charge is -2.26. The van der Waals surface area contributed by atoms with Crippen molar-refractivity contribution in [1.29, 1.82) is 0 Å². The number of ether oxygens (including phenoxy) is 4. The molecule has 550 valence electrons. The summed E-state index contributed by atoms with van der Waals surface area (Å²) in [4.78, 5) is 37.6. The minimum atomic E-state index is -1.62. The summed E-state index contributed by atoms with van der Waals surface area (Å²) < 4.78 is 22.9. The van der Waals surface area contributed by atoms with Gasteiger partial charge >= 0.3 is 11.9 Å². The number of carbonyl (C=O) groups is 3. The Kier molecular flexibility index (Phi) is 73.7. The number of aliphatic carboxylic acids is 1. The molecule has 0 fully saturated rings. The Bertz CT molecular complexity index is 1580. The largest absolute Gasteiger partial charge is 0.545 e. The van der Waals surface area contributed by atoms with Gasteiger partial charge in [0.25, 0.3) is 0 Å². The molecule has 0 aromatic heterocycles. The van der Waals surface area contributed by atoms with Crippen molar-refractivity contribution in [3.63, 3.8) is 0 Å². The maximum atomic E-state index is 13.0. The van der Waals surface area contributed by atoms with Gasteiger partial charge in [-0.15, -0.1) is 0 Å². The average molecular weight is 1310 g/mol. The predicted molar refractivity (Wildman–Crippen MR) is 399 cm³/mol. The van der Waals surface area contributed by atoms with E-state index in [4.69, 9.17) is 18.9 Å².